The molecule has 216 valence electrons. The summed E-state index contributed by atoms with van der Waals surface area (Å²) in [5.41, 5.74) is 3.12. The third-order valence-corrected chi connectivity index (χ3v) is 8.02. The largest absolute Gasteiger partial charge is 0.349 e. The smallest absolute Gasteiger partial charge is 0.333 e. The molecular weight excluding hydrogens is 564 g/mol. The lowest BCUT2D eigenvalue weighted by atomic mass is 9.85. The normalized spacial score (nSPS) is 17.2. The van der Waals surface area contributed by atoms with Crippen LogP contribution in [0, 0.1) is 5.92 Å². The zero-order chi connectivity index (χ0) is 29.4. The van der Waals surface area contributed by atoms with Crippen LogP contribution in [0.25, 0.3) is 27.8 Å². The average molecular weight is 592 g/mol. The van der Waals surface area contributed by atoms with E-state index in [9.17, 15) is 18.4 Å². The Kier molecular flexibility index (Phi) is 7.59. The first kappa shape index (κ1) is 27.8. The van der Waals surface area contributed by atoms with Gasteiger partial charge in [-0.2, -0.15) is 5.10 Å². The number of pyridine rings is 2. The number of benzene rings is 1. The minimum Gasteiger partial charge on any atom is -0.349 e. The van der Waals surface area contributed by atoms with Gasteiger partial charge in [-0.3, -0.25) is 28.6 Å². The summed E-state index contributed by atoms with van der Waals surface area (Å²) in [6.07, 6.45) is 8.18. The Labute approximate surface area is 244 Å². The summed E-state index contributed by atoms with van der Waals surface area (Å²) in [6, 6.07) is 10.7. The molecule has 4 heterocycles. The monoisotopic (exact) mass is 591 g/mol. The van der Waals surface area contributed by atoms with Crippen LogP contribution in [0.4, 0.5) is 8.78 Å². The molecule has 0 unspecified atom stereocenters. The van der Waals surface area contributed by atoms with E-state index in [1.54, 1.807) is 27.8 Å². The number of aromatic nitrogens is 6. The van der Waals surface area contributed by atoms with Crippen molar-refractivity contribution >= 4 is 28.5 Å². The lowest BCUT2D eigenvalue weighted by molar-refractivity contribution is 0.0904. The average Bonchev–Trinajstić information content (AvgIpc) is 3.54. The highest BCUT2D eigenvalue weighted by Gasteiger charge is 2.27. The third kappa shape index (κ3) is 5.44. The number of nitrogens with zero attached hydrogens (tertiary/aromatic N) is 6. The van der Waals surface area contributed by atoms with Crippen molar-refractivity contribution in [2.75, 3.05) is 0 Å². The molecule has 6 rings (SSSR count). The second kappa shape index (κ2) is 11.5. The first-order valence-electron chi connectivity index (χ1n) is 13.7. The molecule has 1 N–H and O–H groups in total. The van der Waals surface area contributed by atoms with Crippen molar-refractivity contribution in [3.8, 4) is 16.8 Å². The van der Waals surface area contributed by atoms with Gasteiger partial charge in [0.1, 0.15) is 5.69 Å². The SMILES string of the molecule is Cn1cc(-c2cncc(-n3c(=O)n(C[C@H]4CC[C@H](NC(=O)c5cc(Cl)cnc5C(F)F)CC4)c4ccccc43)c2)cn1. The number of carbonyl (C=O) groups excluding carboxylic acids is 1. The van der Waals surface area contributed by atoms with Gasteiger partial charge in [-0.05, 0) is 55.9 Å². The minimum atomic E-state index is -2.88. The van der Waals surface area contributed by atoms with E-state index in [4.69, 9.17) is 11.6 Å². The molecule has 4 aromatic heterocycles. The van der Waals surface area contributed by atoms with Crippen molar-refractivity contribution in [2.24, 2.45) is 13.0 Å². The fourth-order valence-electron chi connectivity index (χ4n) is 5.73. The van der Waals surface area contributed by atoms with Gasteiger partial charge < -0.3 is 5.32 Å². The Morgan fingerprint density at radius 1 is 1.05 bits per heavy atom. The molecule has 0 saturated heterocycles. The topological polar surface area (TPSA) is 99.6 Å². The molecule has 5 aromatic rings. The number of nitrogens with one attached hydrogen (secondary N) is 1. The zero-order valence-electron chi connectivity index (χ0n) is 22.8. The fourth-order valence-corrected chi connectivity index (χ4v) is 5.89. The third-order valence-electron chi connectivity index (χ3n) is 7.82. The molecule has 12 heteroatoms. The summed E-state index contributed by atoms with van der Waals surface area (Å²) in [4.78, 5) is 34.7. The highest BCUT2D eigenvalue weighted by molar-refractivity contribution is 6.30. The molecular formula is C30H28ClF2N7O2. The Hall–Kier alpha value is -4.38. The van der Waals surface area contributed by atoms with Gasteiger partial charge in [0, 0.05) is 49.4 Å². The molecule has 1 aliphatic carbocycles. The second-order valence-corrected chi connectivity index (χ2v) is 11.1. The number of hydrogen-bond acceptors (Lipinski definition) is 5. The summed E-state index contributed by atoms with van der Waals surface area (Å²) < 4.78 is 32.0. The van der Waals surface area contributed by atoms with E-state index in [-0.39, 0.29) is 28.2 Å². The molecule has 0 bridgehead atoms. The maximum atomic E-state index is 13.8. The second-order valence-electron chi connectivity index (χ2n) is 10.6. The molecule has 0 aliphatic heterocycles. The molecule has 0 spiro atoms. The lowest BCUT2D eigenvalue weighted by Crippen LogP contribution is -2.39. The van der Waals surface area contributed by atoms with Gasteiger partial charge in [-0.15, -0.1) is 0 Å². The molecule has 1 saturated carbocycles. The number of halogens is 3. The molecule has 1 amide bonds. The van der Waals surface area contributed by atoms with Crippen LogP contribution in [0.5, 0.6) is 0 Å². The van der Waals surface area contributed by atoms with Gasteiger partial charge in [0.25, 0.3) is 12.3 Å². The maximum Gasteiger partial charge on any atom is 0.333 e. The van der Waals surface area contributed by atoms with Crippen molar-refractivity contribution < 1.29 is 13.6 Å². The lowest BCUT2D eigenvalue weighted by Gasteiger charge is -2.29. The van der Waals surface area contributed by atoms with Crippen molar-refractivity contribution in [2.45, 2.75) is 44.7 Å². The van der Waals surface area contributed by atoms with Crippen LogP contribution in [0.1, 0.15) is 48.2 Å². The van der Waals surface area contributed by atoms with Crippen LogP contribution in [0.3, 0.4) is 0 Å². The first-order valence-corrected chi connectivity index (χ1v) is 14.1. The van der Waals surface area contributed by atoms with Gasteiger partial charge >= 0.3 is 5.69 Å². The molecule has 1 aromatic carbocycles. The highest BCUT2D eigenvalue weighted by Crippen LogP contribution is 2.29. The number of amides is 1. The van der Waals surface area contributed by atoms with Crippen LogP contribution >= 0.6 is 11.6 Å². The van der Waals surface area contributed by atoms with Crippen LogP contribution in [0.15, 0.2) is 72.2 Å². The van der Waals surface area contributed by atoms with Gasteiger partial charge in [0.15, 0.2) is 0 Å². The zero-order valence-corrected chi connectivity index (χ0v) is 23.5. The summed E-state index contributed by atoms with van der Waals surface area (Å²) in [6.45, 7) is 0.524. The number of fused-ring (bicyclic) bond motifs is 1. The summed E-state index contributed by atoms with van der Waals surface area (Å²) in [5, 5.41) is 7.23. The van der Waals surface area contributed by atoms with Crippen molar-refractivity contribution in [3.05, 3.63) is 94.1 Å². The number of para-hydroxylation sites is 2. The van der Waals surface area contributed by atoms with Crippen LogP contribution in [-0.2, 0) is 13.6 Å². The number of alkyl halides is 2. The predicted molar refractivity (Wildman–Crippen MR) is 155 cm³/mol. The van der Waals surface area contributed by atoms with E-state index < -0.39 is 18.0 Å². The molecule has 1 aliphatic rings. The minimum absolute atomic E-state index is 0.123. The number of rotatable bonds is 7. The highest BCUT2D eigenvalue weighted by atomic mass is 35.5. The molecule has 0 radical (unpaired) electrons. The van der Waals surface area contributed by atoms with E-state index in [1.807, 2.05) is 48.1 Å². The van der Waals surface area contributed by atoms with Crippen molar-refractivity contribution in [1.82, 2.24) is 34.2 Å². The van der Waals surface area contributed by atoms with Crippen molar-refractivity contribution in [3.63, 3.8) is 0 Å². The van der Waals surface area contributed by atoms with Crippen molar-refractivity contribution in [1.29, 1.82) is 0 Å². The Bertz CT molecular complexity index is 1820. The van der Waals surface area contributed by atoms with Crippen LogP contribution in [-0.4, -0.2) is 40.8 Å². The van der Waals surface area contributed by atoms with Gasteiger partial charge in [-0.25, -0.2) is 13.6 Å². The van der Waals surface area contributed by atoms with Gasteiger partial charge in [-0.1, -0.05) is 23.7 Å². The van der Waals surface area contributed by atoms with Gasteiger partial charge in [0.2, 0.25) is 0 Å². The summed E-state index contributed by atoms with van der Waals surface area (Å²) in [5.74, 6) is -0.399. The van der Waals surface area contributed by atoms with Gasteiger partial charge in [0.05, 0.1) is 39.7 Å². The molecule has 42 heavy (non-hydrogen) atoms. The maximum absolute atomic E-state index is 13.8. The number of hydrogen-bond donors (Lipinski definition) is 1. The van der Waals surface area contributed by atoms with E-state index >= 15 is 0 Å². The quantitative estimate of drug-likeness (QED) is 0.267. The summed E-state index contributed by atoms with van der Waals surface area (Å²) in [7, 11) is 1.85. The predicted octanol–water partition coefficient (Wildman–Crippen LogP) is 5.56. The molecule has 0 atom stereocenters. The molecule has 9 nitrogen and oxygen atoms in total. The van der Waals surface area contributed by atoms with E-state index in [2.05, 4.69) is 20.4 Å². The summed E-state index contributed by atoms with van der Waals surface area (Å²) >= 11 is 5.91. The van der Waals surface area contributed by atoms with E-state index in [1.165, 1.54) is 6.07 Å². The fraction of sp³-hybridized carbons (Fsp3) is 0.300. The van der Waals surface area contributed by atoms with E-state index in [0.29, 0.717) is 25.1 Å². The number of imidazole rings is 1. The Morgan fingerprint density at radius 3 is 2.52 bits per heavy atom. The number of carbonyl (C=O) groups is 1. The first-order chi connectivity index (χ1) is 20.3. The van der Waals surface area contributed by atoms with E-state index in [0.717, 1.165) is 41.2 Å². The molecule has 1 fully saturated rings. The van der Waals surface area contributed by atoms with Crippen LogP contribution < -0.4 is 11.0 Å². The number of aryl methyl sites for hydroxylation is 1. The Morgan fingerprint density at radius 2 is 1.81 bits per heavy atom. The van der Waals surface area contributed by atoms with Crippen LogP contribution in [0.2, 0.25) is 5.02 Å². The Balaban J connectivity index is 1.19. The standard InChI is InChI=1S/C30H28ClF2N7O2/c1-38-17-20(13-36-38)19-10-23(15-34-12-19)40-26-5-3-2-4-25(26)39(30(40)42)16-18-6-8-22(9-7-18)37-29(41)24-11-21(31)14-35-27(24)28(32)33/h2-5,10-15,17-18,22,28H,6-9,16H2,1H3,(H,37,41)/t18-,22-.